The molecule has 0 saturated heterocycles. The molecular formula is C22H25N3O3. The van der Waals surface area contributed by atoms with Gasteiger partial charge in [-0.3, -0.25) is 0 Å². The lowest BCUT2D eigenvalue weighted by Gasteiger charge is -2.32. The van der Waals surface area contributed by atoms with E-state index in [1.807, 2.05) is 43.3 Å². The Balaban J connectivity index is 2.13. The van der Waals surface area contributed by atoms with Crippen LogP contribution in [0.2, 0.25) is 0 Å². The lowest BCUT2D eigenvalue weighted by Crippen LogP contribution is -2.36. The summed E-state index contributed by atoms with van der Waals surface area (Å²) in [5.74, 6) is 0.730. The van der Waals surface area contributed by atoms with E-state index in [0.717, 1.165) is 16.7 Å². The van der Waals surface area contributed by atoms with Gasteiger partial charge >= 0.3 is 0 Å². The molecule has 6 heteroatoms. The molecule has 28 heavy (non-hydrogen) atoms. The van der Waals surface area contributed by atoms with Gasteiger partial charge in [-0.15, -0.1) is 0 Å². The van der Waals surface area contributed by atoms with Crippen LogP contribution in [-0.4, -0.2) is 33.0 Å². The third kappa shape index (κ3) is 3.67. The first-order valence-electron chi connectivity index (χ1n) is 9.29. The highest BCUT2D eigenvalue weighted by Gasteiger charge is 2.45. The van der Waals surface area contributed by atoms with Crippen molar-refractivity contribution in [2.75, 3.05) is 26.9 Å². The van der Waals surface area contributed by atoms with Gasteiger partial charge in [-0.1, -0.05) is 25.1 Å². The Morgan fingerprint density at radius 3 is 2.71 bits per heavy atom. The van der Waals surface area contributed by atoms with Crippen molar-refractivity contribution >= 4 is 6.02 Å². The molecule has 0 unspecified atom stereocenters. The first-order chi connectivity index (χ1) is 13.5. The van der Waals surface area contributed by atoms with Gasteiger partial charge in [0, 0.05) is 18.1 Å². The van der Waals surface area contributed by atoms with Crippen molar-refractivity contribution < 1.29 is 14.2 Å². The molecule has 2 aromatic rings. The van der Waals surface area contributed by atoms with E-state index >= 15 is 0 Å². The average molecular weight is 379 g/mol. The molecule has 2 aromatic carbocycles. The van der Waals surface area contributed by atoms with Gasteiger partial charge in [0.1, 0.15) is 17.9 Å². The molecule has 0 spiro atoms. The Morgan fingerprint density at radius 2 is 2.07 bits per heavy atom. The molecule has 2 N–H and O–H groups in total. The van der Waals surface area contributed by atoms with Crippen LogP contribution in [-0.2, 0) is 15.0 Å². The number of hydrogen-bond acceptors (Lipinski definition) is 6. The van der Waals surface area contributed by atoms with E-state index < -0.39 is 5.54 Å². The molecule has 6 nitrogen and oxygen atoms in total. The molecule has 0 fully saturated rings. The van der Waals surface area contributed by atoms with Gasteiger partial charge in [-0.2, -0.15) is 5.26 Å². The highest BCUT2D eigenvalue weighted by atomic mass is 16.5. The van der Waals surface area contributed by atoms with Crippen molar-refractivity contribution in [2.24, 2.45) is 16.6 Å². The molecule has 146 valence electrons. The predicted molar refractivity (Wildman–Crippen MR) is 108 cm³/mol. The van der Waals surface area contributed by atoms with Crippen LogP contribution in [0.1, 0.15) is 25.0 Å². The number of nitrogens with zero attached hydrogens (tertiary/aromatic N) is 2. The Morgan fingerprint density at radius 1 is 1.29 bits per heavy atom. The molecule has 0 saturated carbocycles. The normalized spacial score (nSPS) is 19.4. The Kier molecular flexibility index (Phi) is 5.86. The lowest BCUT2D eigenvalue weighted by molar-refractivity contribution is 0.0709. The Bertz CT molecular complexity index is 919. The summed E-state index contributed by atoms with van der Waals surface area (Å²) in [5, 5.41) is 9.21. The molecule has 0 aliphatic carbocycles. The van der Waals surface area contributed by atoms with Crippen molar-refractivity contribution in [3.8, 4) is 22.9 Å². The fourth-order valence-corrected chi connectivity index (χ4v) is 3.53. The van der Waals surface area contributed by atoms with Crippen molar-refractivity contribution in [1.82, 2.24) is 0 Å². The van der Waals surface area contributed by atoms with Gasteiger partial charge in [-0.25, -0.2) is 4.99 Å². The van der Waals surface area contributed by atoms with Crippen LogP contribution in [0, 0.1) is 17.2 Å². The van der Waals surface area contributed by atoms with Gasteiger partial charge in [-0.05, 0) is 42.3 Å². The van der Waals surface area contributed by atoms with Gasteiger partial charge in [0.05, 0.1) is 25.3 Å². The van der Waals surface area contributed by atoms with Crippen molar-refractivity contribution in [3.05, 3.63) is 53.6 Å². The molecule has 1 aliphatic rings. The highest BCUT2D eigenvalue weighted by Crippen LogP contribution is 2.44. The van der Waals surface area contributed by atoms with Gasteiger partial charge in [0.25, 0.3) is 6.02 Å². The van der Waals surface area contributed by atoms with E-state index in [1.54, 1.807) is 13.2 Å². The number of hydrogen-bond donors (Lipinski definition) is 1. The molecule has 2 atom stereocenters. The van der Waals surface area contributed by atoms with Crippen molar-refractivity contribution in [2.45, 2.75) is 19.4 Å². The lowest BCUT2D eigenvalue weighted by atomic mass is 9.79. The second kappa shape index (κ2) is 8.32. The second-order valence-electron chi connectivity index (χ2n) is 6.83. The largest absolute Gasteiger partial charge is 0.496 e. The molecule has 3 rings (SSSR count). The summed E-state index contributed by atoms with van der Waals surface area (Å²) in [4.78, 5) is 4.68. The zero-order chi connectivity index (χ0) is 20.1. The number of benzene rings is 2. The number of ether oxygens (including phenoxy) is 3. The summed E-state index contributed by atoms with van der Waals surface area (Å²) >= 11 is 0. The Hall–Kier alpha value is -3.04. The third-order valence-corrected chi connectivity index (χ3v) is 5.13. The maximum atomic E-state index is 9.21. The van der Waals surface area contributed by atoms with E-state index in [1.165, 1.54) is 0 Å². The smallest absolute Gasteiger partial charge is 0.283 e. The fraction of sp³-hybridized carbons (Fsp3) is 0.364. The van der Waals surface area contributed by atoms with E-state index in [9.17, 15) is 5.26 Å². The second-order valence-corrected chi connectivity index (χ2v) is 6.83. The molecule has 1 heterocycles. The summed E-state index contributed by atoms with van der Waals surface area (Å²) in [7, 11) is 1.64. The third-order valence-electron chi connectivity index (χ3n) is 5.13. The monoisotopic (exact) mass is 379 g/mol. The van der Waals surface area contributed by atoms with E-state index in [-0.39, 0.29) is 11.9 Å². The number of rotatable bonds is 7. The number of nitrogens with two attached hydrogens (primary N) is 1. The van der Waals surface area contributed by atoms with Crippen molar-refractivity contribution in [3.63, 3.8) is 0 Å². The minimum atomic E-state index is -0.701. The zero-order valence-electron chi connectivity index (χ0n) is 16.4. The Labute approximate surface area is 165 Å². The maximum absolute atomic E-state index is 9.21. The topological polar surface area (TPSA) is 89.9 Å². The maximum Gasteiger partial charge on any atom is 0.283 e. The van der Waals surface area contributed by atoms with Gasteiger partial charge in [0.2, 0.25) is 0 Å². The highest BCUT2D eigenvalue weighted by molar-refractivity contribution is 5.75. The molecule has 0 radical (unpaired) electrons. The van der Waals surface area contributed by atoms with Gasteiger partial charge < -0.3 is 19.9 Å². The molecule has 0 aromatic heterocycles. The first-order valence-corrected chi connectivity index (χ1v) is 9.29. The predicted octanol–water partition coefficient (Wildman–Crippen LogP) is 3.45. The van der Waals surface area contributed by atoms with Crippen LogP contribution in [0.5, 0.6) is 5.75 Å². The standard InChI is InChI=1S/C22H25N3O3/c1-4-27-13-15(2)22(14-28-21(24)25-22)19-11-18(8-9-20(19)26-3)17-7-5-6-16(10-17)12-23/h5-11,15H,4,13-14H2,1-3H3,(H2,24,25)/t15-,22-/m0/s1. The van der Waals surface area contributed by atoms with Crippen LogP contribution in [0.3, 0.4) is 0 Å². The summed E-state index contributed by atoms with van der Waals surface area (Å²) in [6, 6.07) is 15.8. The SMILES string of the molecule is CCOC[C@H](C)[C@]1(c2cc(-c3cccc(C#N)c3)ccc2OC)COC(N)=N1. The zero-order valence-corrected chi connectivity index (χ0v) is 16.4. The van der Waals surface area contributed by atoms with Crippen molar-refractivity contribution in [1.29, 1.82) is 5.26 Å². The van der Waals surface area contributed by atoms with Crippen LogP contribution in [0.25, 0.3) is 11.1 Å². The summed E-state index contributed by atoms with van der Waals surface area (Å²) < 4.78 is 16.9. The minimum Gasteiger partial charge on any atom is -0.496 e. The summed E-state index contributed by atoms with van der Waals surface area (Å²) in [5.41, 5.74) is 8.62. The van der Waals surface area contributed by atoms with E-state index in [4.69, 9.17) is 19.9 Å². The number of amidine groups is 1. The molecule has 1 aliphatic heterocycles. The number of nitriles is 1. The van der Waals surface area contributed by atoms with Crippen LogP contribution in [0.4, 0.5) is 0 Å². The number of aliphatic imine (C=N–C) groups is 1. The van der Waals surface area contributed by atoms with Crippen LogP contribution in [0.15, 0.2) is 47.5 Å². The first kappa shape index (κ1) is 19.7. The average Bonchev–Trinajstić information content (AvgIpc) is 3.14. The fourth-order valence-electron chi connectivity index (χ4n) is 3.53. The van der Waals surface area contributed by atoms with Crippen LogP contribution >= 0.6 is 0 Å². The van der Waals surface area contributed by atoms with Crippen LogP contribution < -0.4 is 10.5 Å². The molecular weight excluding hydrogens is 354 g/mol. The molecule has 0 amide bonds. The molecule has 0 bridgehead atoms. The number of methoxy groups -OCH3 is 1. The summed E-state index contributed by atoms with van der Waals surface area (Å²) in [6.45, 7) is 5.51. The summed E-state index contributed by atoms with van der Waals surface area (Å²) in [6.07, 6.45) is 0. The van der Waals surface area contributed by atoms with E-state index in [0.29, 0.717) is 31.1 Å². The minimum absolute atomic E-state index is 0.0168. The quantitative estimate of drug-likeness (QED) is 0.796. The van der Waals surface area contributed by atoms with Gasteiger partial charge in [0.15, 0.2) is 0 Å². The van der Waals surface area contributed by atoms with E-state index in [2.05, 4.69) is 18.0 Å².